The van der Waals surface area contributed by atoms with Gasteiger partial charge in [0, 0.05) is 0 Å². The fourth-order valence-corrected chi connectivity index (χ4v) is 2.97. The Morgan fingerprint density at radius 3 is 1.37 bits per heavy atom. The number of aliphatic hydroxyl groups is 5. The lowest BCUT2D eigenvalue weighted by molar-refractivity contribution is -0.265. The zero-order valence-electron chi connectivity index (χ0n) is 15.2. The van der Waals surface area contributed by atoms with E-state index in [4.69, 9.17) is 0 Å². The van der Waals surface area contributed by atoms with Crippen LogP contribution >= 0.6 is 0 Å². The molecule has 0 aliphatic rings. The van der Waals surface area contributed by atoms with E-state index in [1.807, 2.05) is 0 Å². The maximum absolute atomic E-state index is 12.2. The number of carbonyl (C=O) groups excluding carboxylic acids is 6. The number of rotatable bonds is 11. The molecule has 0 saturated heterocycles. The number of carbonyl (C=O) groups is 6. The largest absolute Gasteiger partial charge is 0.393 e. The molecule has 0 aliphatic carbocycles. The molecule has 0 bridgehead atoms. The average Bonchev–Trinajstić information content (AvgIpc) is 2.57. The van der Waals surface area contributed by atoms with Crippen LogP contribution in [0.4, 0.5) is 0 Å². The van der Waals surface area contributed by atoms with Gasteiger partial charge in [0.15, 0.2) is 34.5 Å². The fraction of sp³-hybridized carbons (Fsp3) is 0.625. The first-order chi connectivity index (χ1) is 12.1. The van der Waals surface area contributed by atoms with Gasteiger partial charge in [-0.15, -0.1) is 0 Å². The Labute approximate surface area is 153 Å². The predicted molar refractivity (Wildman–Crippen MR) is 85.3 cm³/mol. The summed E-state index contributed by atoms with van der Waals surface area (Å²) < 4.78 is 0. The predicted octanol–water partition coefficient (Wildman–Crippen LogP) is -3.58. The molecule has 0 heterocycles. The maximum Gasteiger partial charge on any atom is 0.221 e. The van der Waals surface area contributed by atoms with E-state index in [1.54, 1.807) is 0 Å². The number of ketones is 5. The van der Waals surface area contributed by atoms with Crippen molar-refractivity contribution in [2.75, 3.05) is 6.61 Å². The summed E-state index contributed by atoms with van der Waals surface area (Å²) in [6, 6.07) is 0. The average molecular weight is 390 g/mol. The standard InChI is InChI=1S/C16H22O11/c1-8(19)13(24,7-18)15(26,10(3)21)16(27,11(4)22)14(25,9(2)20)12(23)5-6-17/h6,18,24-27H,5,7H2,1-4H3/t13-,14-,15-,16+/m0/s1. The molecular formula is C16H22O11. The van der Waals surface area contributed by atoms with Gasteiger partial charge in [-0.05, 0) is 27.7 Å². The molecule has 0 aromatic rings. The third kappa shape index (κ3) is 3.07. The van der Waals surface area contributed by atoms with Crippen molar-refractivity contribution < 1.29 is 54.3 Å². The first-order valence-corrected chi connectivity index (χ1v) is 7.58. The third-order valence-electron chi connectivity index (χ3n) is 4.66. The second-order valence-corrected chi connectivity index (χ2v) is 6.17. The zero-order chi connectivity index (χ0) is 22.0. The minimum Gasteiger partial charge on any atom is -0.393 e. The summed E-state index contributed by atoms with van der Waals surface area (Å²) in [7, 11) is 0. The van der Waals surface area contributed by atoms with Gasteiger partial charge < -0.3 is 30.3 Å². The van der Waals surface area contributed by atoms with Crippen LogP contribution in [0.25, 0.3) is 0 Å². The fourth-order valence-electron chi connectivity index (χ4n) is 2.97. The van der Waals surface area contributed by atoms with Gasteiger partial charge in [-0.2, -0.15) is 0 Å². The van der Waals surface area contributed by atoms with E-state index in [-0.39, 0.29) is 6.29 Å². The van der Waals surface area contributed by atoms with Crippen molar-refractivity contribution in [3.63, 3.8) is 0 Å². The van der Waals surface area contributed by atoms with Crippen molar-refractivity contribution in [1.82, 2.24) is 0 Å². The lowest BCUT2D eigenvalue weighted by Crippen LogP contribution is -2.85. The van der Waals surface area contributed by atoms with Crippen molar-refractivity contribution in [2.45, 2.75) is 56.5 Å². The van der Waals surface area contributed by atoms with Gasteiger partial charge in [0.2, 0.25) is 16.8 Å². The molecule has 11 heteroatoms. The molecule has 0 aromatic carbocycles. The van der Waals surface area contributed by atoms with Gasteiger partial charge in [-0.25, -0.2) is 0 Å². The highest BCUT2D eigenvalue weighted by atomic mass is 16.4. The van der Waals surface area contributed by atoms with Crippen LogP contribution in [0.5, 0.6) is 0 Å². The molecular weight excluding hydrogens is 368 g/mol. The number of aldehydes is 1. The van der Waals surface area contributed by atoms with Crippen LogP contribution in [0.15, 0.2) is 0 Å². The highest BCUT2D eigenvalue weighted by molar-refractivity contribution is 6.20. The second-order valence-electron chi connectivity index (χ2n) is 6.17. The Hall–Kier alpha value is -2.18. The smallest absolute Gasteiger partial charge is 0.221 e. The summed E-state index contributed by atoms with van der Waals surface area (Å²) in [4.78, 5) is 71.2. The quantitative estimate of drug-likeness (QED) is 0.172. The Balaban J connectivity index is 7.50. The van der Waals surface area contributed by atoms with Crippen LogP contribution in [-0.2, 0) is 28.8 Å². The Kier molecular flexibility index (Phi) is 7.19. The number of aliphatic hydroxyl groups excluding tert-OH is 1. The van der Waals surface area contributed by atoms with E-state index < -0.39 is 64.3 Å². The molecule has 0 rings (SSSR count). The van der Waals surface area contributed by atoms with Crippen molar-refractivity contribution in [3.05, 3.63) is 0 Å². The van der Waals surface area contributed by atoms with E-state index in [1.165, 1.54) is 0 Å². The van der Waals surface area contributed by atoms with Gasteiger partial charge in [0.05, 0.1) is 13.0 Å². The minimum absolute atomic E-state index is 0.0904. The van der Waals surface area contributed by atoms with Gasteiger partial charge >= 0.3 is 0 Å². The van der Waals surface area contributed by atoms with Gasteiger partial charge in [0.25, 0.3) is 0 Å². The van der Waals surface area contributed by atoms with Crippen LogP contribution in [0, 0.1) is 0 Å². The topological polar surface area (TPSA) is 204 Å². The third-order valence-corrected chi connectivity index (χ3v) is 4.66. The normalized spacial score (nSPS) is 20.2. The van der Waals surface area contributed by atoms with Crippen molar-refractivity contribution in [3.8, 4) is 0 Å². The summed E-state index contributed by atoms with van der Waals surface area (Å²) in [5.74, 6) is -8.49. The van der Waals surface area contributed by atoms with E-state index in [0.29, 0.717) is 27.7 Å². The van der Waals surface area contributed by atoms with E-state index in [2.05, 4.69) is 0 Å². The SMILES string of the molecule is CC(=O)[C@](O)(C(=O)CC=O)[C@](O)(C(C)=O)[C@](O)(C(C)=O)[C@](O)(CO)C(C)=O. The summed E-state index contributed by atoms with van der Waals surface area (Å²) in [6.45, 7) is 0.272. The molecule has 0 spiro atoms. The van der Waals surface area contributed by atoms with Crippen molar-refractivity contribution in [2.24, 2.45) is 0 Å². The highest BCUT2D eigenvalue weighted by Crippen LogP contribution is 2.43. The van der Waals surface area contributed by atoms with Crippen molar-refractivity contribution in [1.29, 1.82) is 0 Å². The molecule has 0 unspecified atom stereocenters. The first-order valence-electron chi connectivity index (χ1n) is 7.58. The summed E-state index contributed by atoms with van der Waals surface area (Å²) in [5, 5.41) is 52.3. The molecule has 5 N–H and O–H groups in total. The Morgan fingerprint density at radius 2 is 1.15 bits per heavy atom. The van der Waals surface area contributed by atoms with E-state index >= 15 is 0 Å². The first kappa shape index (κ1) is 24.8. The zero-order valence-corrected chi connectivity index (χ0v) is 15.2. The number of hydrogen-bond donors (Lipinski definition) is 5. The highest BCUT2D eigenvalue weighted by Gasteiger charge is 2.78. The van der Waals surface area contributed by atoms with Crippen molar-refractivity contribution >= 4 is 35.2 Å². The van der Waals surface area contributed by atoms with E-state index in [9.17, 15) is 54.3 Å². The number of Topliss-reactive ketones (excluding diaryl/α,β-unsaturated/α-hetero) is 5. The Morgan fingerprint density at radius 1 is 0.741 bits per heavy atom. The van der Waals surface area contributed by atoms with Gasteiger partial charge in [-0.1, -0.05) is 0 Å². The monoisotopic (exact) mass is 390 g/mol. The molecule has 0 fully saturated rings. The lowest BCUT2D eigenvalue weighted by Gasteiger charge is -2.52. The van der Waals surface area contributed by atoms with Crippen LogP contribution in [0.1, 0.15) is 34.1 Å². The summed E-state index contributed by atoms with van der Waals surface area (Å²) >= 11 is 0. The van der Waals surface area contributed by atoms with Crippen LogP contribution in [0.2, 0.25) is 0 Å². The molecule has 0 aliphatic heterocycles. The summed E-state index contributed by atoms with van der Waals surface area (Å²) in [5.41, 5.74) is -15.7. The van der Waals surface area contributed by atoms with Crippen LogP contribution in [0.3, 0.4) is 0 Å². The van der Waals surface area contributed by atoms with E-state index in [0.717, 1.165) is 0 Å². The molecule has 0 saturated carbocycles. The molecule has 27 heavy (non-hydrogen) atoms. The number of hydrogen-bond acceptors (Lipinski definition) is 11. The molecule has 11 nitrogen and oxygen atoms in total. The minimum atomic E-state index is -4.12. The Bertz CT molecular complexity index is 698. The van der Waals surface area contributed by atoms with Gasteiger partial charge in [0.1, 0.15) is 6.29 Å². The summed E-state index contributed by atoms with van der Waals surface area (Å²) in [6.07, 6.45) is -1.32. The molecule has 0 radical (unpaired) electrons. The molecule has 4 atom stereocenters. The van der Waals surface area contributed by atoms with Crippen LogP contribution in [-0.4, -0.2) is 89.7 Å². The maximum atomic E-state index is 12.2. The van der Waals surface area contributed by atoms with Gasteiger partial charge in [-0.3, -0.25) is 24.0 Å². The second kappa shape index (κ2) is 7.82. The van der Waals surface area contributed by atoms with Crippen LogP contribution < -0.4 is 0 Å². The lowest BCUT2D eigenvalue weighted by atomic mass is 9.57. The molecule has 0 amide bonds. The molecule has 152 valence electrons. The molecule has 0 aromatic heterocycles.